The molecule has 1 saturated heterocycles. The van der Waals surface area contributed by atoms with Crippen molar-refractivity contribution in [2.45, 2.75) is 18.9 Å². The van der Waals surface area contributed by atoms with Crippen molar-refractivity contribution in [2.75, 3.05) is 13.7 Å². The molecule has 1 aliphatic heterocycles. The van der Waals surface area contributed by atoms with Crippen LogP contribution in [0, 0.1) is 0 Å². The maximum atomic E-state index is 12.3. The van der Waals surface area contributed by atoms with E-state index in [4.69, 9.17) is 4.74 Å². The van der Waals surface area contributed by atoms with Crippen LogP contribution >= 0.6 is 15.9 Å². The van der Waals surface area contributed by atoms with Gasteiger partial charge in [-0.2, -0.15) is 0 Å². The molecule has 18 heavy (non-hydrogen) atoms. The van der Waals surface area contributed by atoms with Gasteiger partial charge in [0.1, 0.15) is 10.6 Å². The maximum absolute atomic E-state index is 12.3. The van der Waals surface area contributed by atoms with Gasteiger partial charge in [-0.05, 0) is 40.9 Å². The second-order valence-electron chi connectivity index (χ2n) is 4.02. The Kier molecular flexibility index (Phi) is 3.96. The van der Waals surface area contributed by atoms with Gasteiger partial charge in [-0.3, -0.25) is 4.79 Å². The lowest BCUT2D eigenvalue weighted by Crippen LogP contribution is -2.41. The van der Waals surface area contributed by atoms with E-state index in [0.717, 1.165) is 6.42 Å². The molecule has 1 atom stereocenters. The maximum Gasteiger partial charge on any atom is 0.328 e. The summed E-state index contributed by atoms with van der Waals surface area (Å²) in [6.45, 7) is 0.569. The molecule has 0 saturated carbocycles. The number of methoxy groups -OCH3 is 1. The summed E-state index contributed by atoms with van der Waals surface area (Å²) >= 11 is 3.24. The Balaban J connectivity index is 2.23. The largest absolute Gasteiger partial charge is 0.467 e. The number of aromatic nitrogens is 1. The van der Waals surface area contributed by atoms with Crippen LogP contribution < -0.4 is 0 Å². The summed E-state index contributed by atoms with van der Waals surface area (Å²) in [6.07, 6.45) is 3.06. The van der Waals surface area contributed by atoms with Crippen LogP contribution in [-0.4, -0.2) is 41.5 Å². The lowest BCUT2D eigenvalue weighted by molar-refractivity contribution is -0.145. The topological polar surface area (TPSA) is 59.5 Å². The van der Waals surface area contributed by atoms with Gasteiger partial charge in [0.05, 0.1) is 12.7 Å². The van der Waals surface area contributed by atoms with Crippen LogP contribution in [0.5, 0.6) is 0 Å². The molecule has 0 aromatic carbocycles. The van der Waals surface area contributed by atoms with Crippen LogP contribution in [0.3, 0.4) is 0 Å². The van der Waals surface area contributed by atoms with Gasteiger partial charge in [0, 0.05) is 12.7 Å². The summed E-state index contributed by atoms with van der Waals surface area (Å²) in [4.78, 5) is 29.5. The first-order chi connectivity index (χ1) is 8.65. The van der Waals surface area contributed by atoms with Gasteiger partial charge < -0.3 is 9.64 Å². The Labute approximate surface area is 113 Å². The van der Waals surface area contributed by atoms with Crippen molar-refractivity contribution in [1.82, 2.24) is 9.88 Å². The molecule has 2 heterocycles. The Hall–Kier alpha value is -1.43. The van der Waals surface area contributed by atoms with Gasteiger partial charge in [0.2, 0.25) is 0 Å². The lowest BCUT2D eigenvalue weighted by Gasteiger charge is -2.22. The zero-order chi connectivity index (χ0) is 13.1. The molecule has 5 nitrogen and oxygen atoms in total. The van der Waals surface area contributed by atoms with Gasteiger partial charge in [-0.1, -0.05) is 0 Å². The van der Waals surface area contributed by atoms with E-state index < -0.39 is 6.04 Å². The van der Waals surface area contributed by atoms with Crippen molar-refractivity contribution < 1.29 is 14.3 Å². The zero-order valence-electron chi connectivity index (χ0n) is 9.93. The second-order valence-corrected chi connectivity index (χ2v) is 4.77. The number of ether oxygens (including phenoxy) is 1. The molecule has 6 heteroatoms. The van der Waals surface area contributed by atoms with Crippen LogP contribution in [0.2, 0.25) is 0 Å². The number of hydrogen-bond acceptors (Lipinski definition) is 4. The molecule has 1 fully saturated rings. The molecule has 1 aromatic heterocycles. The van der Waals surface area contributed by atoms with Crippen molar-refractivity contribution in [3.63, 3.8) is 0 Å². The Morgan fingerprint density at radius 2 is 2.33 bits per heavy atom. The summed E-state index contributed by atoms with van der Waals surface area (Å²) < 4.78 is 5.21. The SMILES string of the molecule is COC(=O)C1CCCN1C(=O)c1cccnc1Br. The number of nitrogens with zero attached hydrogens (tertiary/aromatic N) is 2. The minimum atomic E-state index is -0.477. The van der Waals surface area contributed by atoms with Crippen molar-refractivity contribution >= 4 is 27.8 Å². The van der Waals surface area contributed by atoms with E-state index in [1.165, 1.54) is 7.11 Å². The Morgan fingerprint density at radius 3 is 3.00 bits per heavy atom. The molecule has 1 aromatic rings. The van der Waals surface area contributed by atoms with Crippen molar-refractivity contribution in [1.29, 1.82) is 0 Å². The second kappa shape index (κ2) is 5.48. The summed E-state index contributed by atoms with van der Waals surface area (Å²) in [6, 6.07) is 2.91. The Morgan fingerprint density at radius 1 is 1.56 bits per heavy atom. The van der Waals surface area contributed by atoms with Crippen LogP contribution in [-0.2, 0) is 9.53 Å². The lowest BCUT2D eigenvalue weighted by atomic mass is 10.2. The van der Waals surface area contributed by atoms with E-state index in [1.807, 2.05) is 0 Å². The highest BCUT2D eigenvalue weighted by atomic mass is 79.9. The van der Waals surface area contributed by atoms with Gasteiger partial charge in [0.25, 0.3) is 5.91 Å². The minimum Gasteiger partial charge on any atom is -0.467 e. The van der Waals surface area contributed by atoms with Gasteiger partial charge in [-0.15, -0.1) is 0 Å². The Bertz CT molecular complexity index is 478. The summed E-state index contributed by atoms with van der Waals surface area (Å²) in [7, 11) is 1.34. The number of pyridine rings is 1. The van der Waals surface area contributed by atoms with Crippen molar-refractivity contribution in [2.24, 2.45) is 0 Å². The molecule has 0 bridgehead atoms. The number of likely N-dealkylation sites (tertiary alicyclic amines) is 1. The van der Waals surface area contributed by atoms with Crippen LogP contribution in [0.4, 0.5) is 0 Å². The molecular weight excluding hydrogens is 300 g/mol. The van der Waals surface area contributed by atoms with Gasteiger partial charge in [-0.25, -0.2) is 9.78 Å². The highest BCUT2D eigenvalue weighted by molar-refractivity contribution is 9.10. The van der Waals surface area contributed by atoms with E-state index in [-0.39, 0.29) is 11.9 Å². The first-order valence-corrected chi connectivity index (χ1v) is 6.43. The standard InChI is InChI=1S/C12H13BrN2O3/c1-18-12(17)9-5-3-7-15(9)11(16)8-4-2-6-14-10(8)13/h2,4,6,9H,3,5,7H2,1H3. The van der Waals surface area contributed by atoms with Crippen molar-refractivity contribution in [3.05, 3.63) is 28.5 Å². The van der Waals surface area contributed by atoms with Crippen LogP contribution in [0.1, 0.15) is 23.2 Å². The molecule has 1 unspecified atom stereocenters. The summed E-state index contributed by atoms with van der Waals surface area (Å²) in [5.74, 6) is -0.552. The number of amides is 1. The molecule has 96 valence electrons. The number of hydrogen-bond donors (Lipinski definition) is 0. The number of carbonyl (C=O) groups is 2. The smallest absolute Gasteiger partial charge is 0.328 e. The fraction of sp³-hybridized carbons (Fsp3) is 0.417. The molecule has 0 N–H and O–H groups in total. The normalized spacial score (nSPS) is 18.8. The molecule has 0 aliphatic carbocycles. The number of rotatable bonds is 2. The van der Waals surface area contributed by atoms with Gasteiger partial charge >= 0.3 is 5.97 Å². The molecule has 1 amide bonds. The number of esters is 1. The summed E-state index contributed by atoms with van der Waals surface area (Å²) in [5, 5.41) is 0. The average Bonchev–Trinajstić information content (AvgIpc) is 2.86. The van der Waals surface area contributed by atoms with Crippen LogP contribution in [0.15, 0.2) is 22.9 Å². The van der Waals surface area contributed by atoms with E-state index in [2.05, 4.69) is 20.9 Å². The fourth-order valence-electron chi connectivity index (χ4n) is 2.09. The van der Waals surface area contributed by atoms with E-state index in [0.29, 0.717) is 23.1 Å². The quantitative estimate of drug-likeness (QED) is 0.615. The third-order valence-electron chi connectivity index (χ3n) is 2.98. The number of carbonyl (C=O) groups excluding carboxylic acids is 2. The molecule has 0 spiro atoms. The fourth-order valence-corrected chi connectivity index (χ4v) is 2.51. The first kappa shape index (κ1) is 13.0. The third-order valence-corrected chi connectivity index (χ3v) is 3.61. The van der Waals surface area contributed by atoms with E-state index in [9.17, 15) is 9.59 Å². The minimum absolute atomic E-state index is 0.192. The van der Waals surface area contributed by atoms with E-state index in [1.54, 1.807) is 23.2 Å². The third kappa shape index (κ3) is 2.38. The summed E-state index contributed by atoms with van der Waals surface area (Å²) in [5.41, 5.74) is 0.466. The monoisotopic (exact) mass is 312 g/mol. The predicted molar refractivity (Wildman–Crippen MR) is 68.0 cm³/mol. The highest BCUT2D eigenvalue weighted by Gasteiger charge is 2.35. The highest BCUT2D eigenvalue weighted by Crippen LogP contribution is 2.23. The zero-order valence-corrected chi connectivity index (χ0v) is 11.5. The average molecular weight is 313 g/mol. The molecule has 1 aliphatic rings. The molecule has 2 rings (SSSR count). The molecule has 0 radical (unpaired) electrons. The van der Waals surface area contributed by atoms with Crippen LogP contribution in [0.25, 0.3) is 0 Å². The molecular formula is C12H13BrN2O3. The number of halogens is 1. The van der Waals surface area contributed by atoms with E-state index >= 15 is 0 Å². The van der Waals surface area contributed by atoms with Crippen molar-refractivity contribution in [3.8, 4) is 0 Å². The van der Waals surface area contributed by atoms with Gasteiger partial charge in [0.15, 0.2) is 0 Å². The predicted octanol–water partition coefficient (Wildman–Crippen LogP) is 1.62. The first-order valence-electron chi connectivity index (χ1n) is 5.64.